The molecule has 0 bridgehead atoms. The molecule has 0 aliphatic heterocycles. The lowest BCUT2D eigenvalue weighted by molar-refractivity contribution is 0.147. The first-order chi connectivity index (χ1) is 8.84. The van der Waals surface area contributed by atoms with Crippen LogP contribution in [0.15, 0.2) is 30.1 Å². The van der Waals surface area contributed by atoms with Crippen LogP contribution in [0.5, 0.6) is 0 Å². The maximum Gasteiger partial charge on any atom is 0.0860 e. The van der Waals surface area contributed by atoms with E-state index in [0.29, 0.717) is 13.1 Å². The van der Waals surface area contributed by atoms with Crippen LogP contribution in [0.1, 0.15) is 32.1 Å². The molecule has 1 aromatic heterocycles. The summed E-state index contributed by atoms with van der Waals surface area (Å²) < 4.78 is 1.76. The van der Waals surface area contributed by atoms with Crippen molar-refractivity contribution in [2.75, 3.05) is 13.1 Å². The Kier molecular flexibility index (Phi) is 5.42. The van der Waals surface area contributed by atoms with Crippen LogP contribution in [0.3, 0.4) is 0 Å². The predicted octanol–water partition coefficient (Wildman–Crippen LogP) is 1.72. The molecule has 2 rings (SSSR count). The third kappa shape index (κ3) is 4.63. The van der Waals surface area contributed by atoms with Crippen LogP contribution in [0.25, 0.3) is 0 Å². The molecule has 1 heterocycles. The Hall–Kier alpha value is -1.13. The molecule has 2 N–H and O–H groups in total. The summed E-state index contributed by atoms with van der Waals surface area (Å²) in [6.45, 7) is 2.15. The van der Waals surface area contributed by atoms with E-state index in [4.69, 9.17) is 0 Å². The lowest BCUT2D eigenvalue weighted by atomic mass is 9.97. The molecule has 4 nitrogen and oxygen atoms in total. The van der Waals surface area contributed by atoms with Crippen molar-refractivity contribution < 1.29 is 5.11 Å². The number of aliphatic hydroxyl groups is 1. The fraction of sp³-hybridized carbons (Fsp3) is 0.643. The number of hydrogen-bond acceptors (Lipinski definition) is 3. The zero-order chi connectivity index (χ0) is 12.6. The molecule has 0 saturated carbocycles. The van der Waals surface area contributed by atoms with Gasteiger partial charge < -0.3 is 10.4 Å². The number of nitrogens with zero attached hydrogens (tertiary/aromatic N) is 2. The minimum atomic E-state index is -0.370. The predicted molar refractivity (Wildman–Crippen MR) is 72.3 cm³/mol. The summed E-state index contributed by atoms with van der Waals surface area (Å²) in [5.74, 6) is 0. The van der Waals surface area contributed by atoms with Crippen molar-refractivity contribution in [3.63, 3.8) is 0 Å². The summed E-state index contributed by atoms with van der Waals surface area (Å²) in [7, 11) is 0. The third-order valence-corrected chi connectivity index (χ3v) is 3.34. The molecule has 0 aromatic carbocycles. The second-order valence-electron chi connectivity index (χ2n) is 4.94. The van der Waals surface area contributed by atoms with Gasteiger partial charge in [-0.25, -0.2) is 0 Å². The average Bonchev–Trinajstić information content (AvgIpc) is 2.89. The SMILES string of the molecule is OC(CNCCC1=CCCCC1)Cn1cccn1. The molecule has 4 heteroatoms. The lowest BCUT2D eigenvalue weighted by Crippen LogP contribution is -2.31. The molecular weight excluding hydrogens is 226 g/mol. The second-order valence-corrected chi connectivity index (χ2v) is 4.94. The molecule has 100 valence electrons. The van der Waals surface area contributed by atoms with Gasteiger partial charge in [-0.05, 0) is 44.7 Å². The van der Waals surface area contributed by atoms with E-state index in [1.807, 2.05) is 12.3 Å². The first kappa shape index (κ1) is 13.3. The first-order valence-corrected chi connectivity index (χ1v) is 6.89. The second kappa shape index (κ2) is 7.34. The topological polar surface area (TPSA) is 50.1 Å². The van der Waals surface area contributed by atoms with E-state index in [-0.39, 0.29) is 6.10 Å². The van der Waals surface area contributed by atoms with E-state index in [0.717, 1.165) is 13.0 Å². The molecule has 1 aliphatic carbocycles. The van der Waals surface area contributed by atoms with Gasteiger partial charge in [-0.3, -0.25) is 4.68 Å². The van der Waals surface area contributed by atoms with Gasteiger partial charge in [0.1, 0.15) is 0 Å². The number of aromatic nitrogens is 2. The van der Waals surface area contributed by atoms with Gasteiger partial charge in [-0.15, -0.1) is 0 Å². The van der Waals surface area contributed by atoms with Crippen molar-refractivity contribution in [2.45, 2.75) is 44.8 Å². The molecule has 0 saturated heterocycles. The molecule has 0 radical (unpaired) electrons. The van der Waals surface area contributed by atoms with Crippen LogP contribution in [0.2, 0.25) is 0 Å². The van der Waals surface area contributed by atoms with E-state index in [1.165, 1.54) is 25.7 Å². The van der Waals surface area contributed by atoms with Gasteiger partial charge in [-0.1, -0.05) is 11.6 Å². The smallest absolute Gasteiger partial charge is 0.0860 e. The van der Waals surface area contributed by atoms with Crippen molar-refractivity contribution >= 4 is 0 Å². The van der Waals surface area contributed by atoms with E-state index >= 15 is 0 Å². The third-order valence-electron chi connectivity index (χ3n) is 3.34. The summed E-state index contributed by atoms with van der Waals surface area (Å²) in [4.78, 5) is 0. The first-order valence-electron chi connectivity index (χ1n) is 6.89. The standard InChI is InChI=1S/C14H23N3O/c18-14(12-17-10-4-8-16-17)11-15-9-7-13-5-2-1-3-6-13/h4-5,8,10,14-15,18H,1-3,6-7,9,11-12H2. The van der Waals surface area contributed by atoms with Crippen LogP contribution in [-0.2, 0) is 6.54 Å². The van der Waals surface area contributed by atoms with E-state index in [1.54, 1.807) is 16.5 Å². The Labute approximate surface area is 109 Å². The minimum absolute atomic E-state index is 0.370. The van der Waals surface area contributed by atoms with Gasteiger partial charge in [0.05, 0.1) is 12.6 Å². The summed E-state index contributed by atoms with van der Waals surface area (Å²) in [5, 5.41) is 17.2. The maximum absolute atomic E-state index is 9.82. The van der Waals surface area contributed by atoms with Crippen molar-refractivity contribution in [1.82, 2.24) is 15.1 Å². The van der Waals surface area contributed by atoms with E-state index < -0.39 is 0 Å². The molecule has 0 fully saturated rings. The van der Waals surface area contributed by atoms with Crippen molar-refractivity contribution in [3.05, 3.63) is 30.1 Å². The molecule has 1 aromatic rings. The molecular formula is C14H23N3O. The van der Waals surface area contributed by atoms with E-state index in [2.05, 4.69) is 16.5 Å². The fourth-order valence-corrected chi connectivity index (χ4v) is 2.34. The van der Waals surface area contributed by atoms with Gasteiger partial charge >= 0.3 is 0 Å². The number of allylic oxidation sites excluding steroid dienone is 1. The molecule has 18 heavy (non-hydrogen) atoms. The Morgan fingerprint density at radius 2 is 2.39 bits per heavy atom. The molecule has 1 unspecified atom stereocenters. The molecule has 0 amide bonds. The van der Waals surface area contributed by atoms with Gasteiger partial charge in [-0.2, -0.15) is 5.10 Å². The minimum Gasteiger partial charge on any atom is -0.390 e. The van der Waals surface area contributed by atoms with Crippen LogP contribution < -0.4 is 5.32 Å². The number of aliphatic hydroxyl groups excluding tert-OH is 1. The number of hydrogen-bond donors (Lipinski definition) is 2. The Morgan fingerprint density at radius 1 is 1.44 bits per heavy atom. The summed E-state index contributed by atoms with van der Waals surface area (Å²) in [6, 6.07) is 1.87. The van der Waals surface area contributed by atoms with Gasteiger partial charge in [0.2, 0.25) is 0 Å². The highest BCUT2D eigenvalue weighted by Gasteiger charge is 2.06. The molecule has 1 aliphatic rings. The summed E-state index contributed by atoms with van der Waals surface area (Å²) >= 11 is 0. The van der Waals surface area contributed by atoms with Crippen molar-refractivity contribution in [2.24, 2.45) is 0 Å². The van der Waals surface area contributed by atoms with Gasteiger partial charge in [0.15, 0.2) is 0 Å². The number of rotatable bonds is 7. The Balaban J connectivity index is 1.56. The quantitative estimate of drug-likeness (QED) is 0.571. The zero-order valence-electron chi connectivity index (χ0n) is 10.9. The number of nitrogens with one attached hydrogen (secondary N) is 1. The highest BCUT2D eigenvalue weighted by atomic mass is 16.3. The van der Waals surface area contributed by atoms with Gasteiger partial charge in [0, 0.05) is 18.9 Å². The summed E-state index contributed by atoms with van der Waals surface area (Å²) in [5.41, 5.74) is 1.58. The van der Waals surface area contributed by atoms with Crippen molar-refractivity contribution in [3.8, 4) is 0 Å². The van der Waals surface area contributed by atoms with E-state index in [9.17, 15) is 5.11 Å². The van der Waals surface area contributed by atoms with Crippen LogP contribution >= 0.6 is 0 Å². The monoisotopic (exact) mass is 249 g/mol. The Morgan fingerprint density at radius 3 is 3.11 bits per heavy atom. The fourth-order valence-electron chi connectivity index (χ4n) is 2.34. The Bertz CT molecular complexity index is 359. The zero-order valence-corrected chi connectivity index (χ0v) is 10.9. The average molecular weight is 249 g/mol. The summed E-state index contributed by atoms with van der Waals surface area (Å²) in [6.07, 6.45) is 11.9. The van der Waals surface area contributed by atoms with Crippen LogP contribution in [0.4, 0.5) is 0 Å². The highest BCUT2D eigenvalue weighted by molar-refractivity contribution is 5.05. The largest absolute Gasteiger partial charge is 0.390 e. The van der Waals surface area contributed by atoms with Crippen molar-refractivity contribution in [1.29, 1.82) is 0 Å². The highest BCUT2D eigenvalue weighted by Crippen LogP contribution is 2.19. The molecule has 1 atom stereocenters. The normalized spacial score (nSPS) is 17.5. The maximum atomic E-state index is 9.82. The van der Waals surface area contributed by atoms with Crippen LogP contribution in [0, 0.1) is 0 Å². The van der Waals surface area contributed by atoms with Gasteiger partial charge in [0.25, 0.3) is 0 Å². The van der Waals surface area contributed by atoms with Crippen LogP contribution in [-0.4, -0.2) is 34.1 Å². The lowest BCUT2D eigenvalue weighted by Gasteiger charge is -2.14. The molecule has 0 spiro atoms.